The minimum atomic E-state index is -0.441. The van der Waals surface area contributed by atoms with Gasteiger partial charge in [0, 0.05) is 13.2 Å². The third kappa shape index (κ3) is 2.87. The summed E-state index contributed by atoms with van der Waals surface area (Å²) in [6.45, 7) is 5.73. The smallest absolute Gasteiger partial charge is 0.244 e. The van der Waals surface area contributed by atoms with E-state index < -0.39 is 5.54 Å². The molecule has 2 fully saturated rings. The Kier molecular flexibility index (Phi) is 4.33. The fourth-order valence-electron chi connectivity index (χ4n) is 3.21. The topological polar surface area (TPSA) is 41.6 Å². The fraction of sp³-hybridized carbons (Fsp3) is 0.688. The standard InChI is InChI=1S/C16H24N2O2S/c1-3-16(2)15(19)18(8-6-13-5-4-9-20-13)14(17-16)12-7-10-21-11-12/h7,10-11,13-14,17H,3-6,8-9H2,1-2H3. The predicted molar refractivity (Wildman–Crippen MR) is 84.2 cm³/mol. The number of thiophene rings is 1. The van der Waals surface area contributed by atoms with Gasteiger partial charge in [0.2, 0.25) is 5.91 Å². The summed E-state index contributed by atoms with van der Waals surface area (Å²) in [6, 6.07) is 2.11. The maximum absolute atomic E-state index is 12.8. The maximum atomic E-state index is 12.8. The molecule has 0 radical (unpaired) electrons. The number of amides is 1. The lowest BCUT2D eigenvalue weighted by molar-refractivity contribution is -0.133. The van der Waals surface area contributed by atoms with Gasteiger partial charge in [0.05, 0.1) is 11.6 Å². The van der Waals surface area contributed by atoms with Crippen molar-refractivity contribution in [1.29, 1.82) is 0 Å². The number of rotatable bonds is 5. The van der Waals surface area contributed by atoms with Crippen LogP contribution in [0.25, 0.3) is 0 Å². The number of ether oxygens (including phenoxy) is 1. The number of hydrogen-bond acceptors (Lipinski definition) is 4. The first-order chi connectivity index (χ1) is 10.1. The highest BCUT2D eigenvalue weighted by atomic mass is 32.1. The van der Waals surface area contributed by atoms with Gasteiger partial charge >= 0.3 is 0 Å². The van der Waals surface area contributed by atoms with Crippen LogP contribution in [-0.4, -0.2) is 35.6 Å². The van der Waals surface area contributed by atoms with Crippen LogP contribution in [-0.2, 0) is 9.53 Å². The van der Waals surface area contributed by atoms with Gasteiger partial charge in [-0.25, -0.2) is 0 Å². The van der Waals surface area contributed by atoms with Crippen LogP contribution in [0.2, 0.25) is 0 Å². The molecular formula is C16H24N2O2S. The molecule has 5 heteroatoms. The summed E-state index contributed by atoms with van der Waals surface area (Å²) in [5.41, 5.74) is 0.751. The molecule has 4 nitrogen and oxygen atoms in total. The lowest BCUT2D eigenvalue weighted by Gasteiger charge is -2.25. The molecular weight excluding hydrogens is 284 g/mol. The van der Waals surface area contributed by atoms with E-state index in [0.717, 1.165) is 38.8 Å². The molecule has 3 rings (SSSR count). The van der Waals surface area contributed by atoms with E-state index in [0.29, 0.717) is 6.10 Å². The van der Waals surface area contributed by atoms with E-state index in [-0.39, 0.29) is 12.1 Å². The van der Waals surface area contributed by atoms with Crippen molar-refractivity contribution in [2.24, 2.45) is 0 Å². The van der Waals surface area contributed by atoms with Crippen molar-refractivity contribution in [1.82, 2.24) is 10.2 Å². The minimum Gasteiger partial charge on any atom is -0.378 e. The second-order valence-corrected chi connectivity index (χ2v) is 6.99. The Morgan fingerprint density at radius 1 is 1.57 bits per heavy atom. The lowest BCUT2D eigenvalue weighted by atomic mass is 9.99. The van der Waals surface area contributed by atoms with Crippen LogP contribution in [0.3, 0.4) is 0 Å². The fourth-order valence-corrected chi connectivity index (χ4v) is 3.89. The zero-order valence-electron chi connectivity index (χ0n) is 12.8. The van der Waals surface area contributed by atoms with Crippen LogP contribution < -0.4 is 5.32 Å². The quantitative estimate of drug-likeness (QED) is 0.909. The molecule has 1 aromatic heterocycles. The Morgan fingerprint density at radius 3 is 3.05 bits per heavy atom. The predicted octanol–water partition coefficient (Wildman–Crippen LogP) is 2.92. The molecule has 0 aromatic carbocycles. The van der Waals surface area contributed by atoms with Crippen molar-refractivity contribution in [3.05, 3.63) is 22.4 Å². The summed E-state index contributed by atoms with van der Waals surface area (Å²) in [5.74, 6) is 0.221. The lowest BCUT2D eigenvalue weighted by Crippen LogP contribution is -2.43. The monoisotopic (exact) mass is 308 g/mol. The Hall–Kier alpha value is -0.910. The first-order valence-electron chi connectivity index (χ1n) is 7.86. The van der Waals surface area contributed by atoms with E-state index in [1.54, 1.807) is 11.3 Å². The van der Waals surface area contributed by atoms with Gasteiger partial charge in [0.25, 0.3) is 0 Å². The zero-order chi connectivity index (χ0) is 14.9. The molecule has 2 aliphatic heterocycles. The summed E-state index contributed by atoms with van der Waals surface area (Å²) < 4.78 is 5.70. The van der Waals surface area contributed by atoms with Crippen molar-refractivity contribution in [2.45, 2.75) is 57.3 Å². The van der Waals surface area contributed by atoms with Crippen LogP contribution in [0.5, 0.6) is 0 Å². The third-order valence-electron chi connectivity index (χ3n) is 4.78. The summed E-state index contributed by atoms with van der Waals surface area (Å²) in [6.07, 6.45) is 4.36. The Labute approximate surface area is 130 Å². The van der Waals surface area contributed by atoms with E-state index in [2.05, 4.69) is 29.1 Å². The van der Waals surface area contributed by atoms with Crippen molar-refractivity contribution in [2.75, 3.05) is 13.2 Å². The molecule has 3 atom stereocenters. The molecule has 0 bridgehead atoms. The van der Waals surface area contributed by atoms with Gasteiger partial charge in [-0.15, -0.1) is 0 Å². The summed E-state index contributed by atoms with van der Waals surface area (Å²) in [4.78, 5) is 14.8. The molecule has 0 saturated carbocycles. The van der Waals surface area contributed by atoms with Crippen molar-refractivity contribution in [3.8, 4) is 0 Å². The minimum absolute atomic E-state index is 0.00935. The molecule has 116 valence electrons. The molecule has 1 N–H and O–H groups in total. The van der Waals surface area contributed by atoms with Crippen LogP contribution in [0.4, 0.5) is 0 Å². The van der Waals surface area contributed by atoms with Crippen molar-refractivity contribution >= 4 is 17.2 Å². The van der Waals surface area contributed by atoms with E-state index >= 15 is 0 Å². The first kappa shape index (κ1) is 15.0. The van der Waals surface area contributed by atoms with E-state index in [1.807, 2.05) is 11.8 Å². The number of hydrogen-bond donors (Lipinski definition) is 1. The van der Waals surface area contributed by atoms with Gasteiger partial charge in [-0.3, -0.25) is 10.1 Å². The molecule has 0 aliphatic carbocycles. The van der Waals surface area contributed by atoms with Crippen molar-refractivity contribution < 1.29 is 9.53 Å². The summed E-state index contributed by atoms with van der Waals surface area (Å²) >= 11 is 1.68. The Morgan fingerprint density at radius 2 is 2.43 bits per heavy atom. The van der Waals surface area contributed by atoms with Gasteiger partial charge in [-0.05, 0) is 55.0 Å². The summed E-state index contributed by atoms with van der Waals surface area (Å²) in [5, 5.41) is 7.74. The molecule has 3 unspecified atom stereocenters. The molecule has 0 spiro atoms. The molecule has 1 aromatic rings. The molecule has 3 heterocycles. The van der Waals surface area contributed by atoms with Crippen LogP contribution in [0.15, 0.2) is 16.8 Å². The number of nitrogens with one attached hydrogen (secondary N) is 1. The molecule has 2 saturated heterocycles. The molecule has 21 heavy (non-hydrogen) atoms. The van der Waals surface area contributed by atoms with E-state index in [1.165, 1.54) is 5.56 Å². The van der Waals surface area contributed by atoms with Crippen molar-refractivity contribution in [3.63, 3.8) is 0 Å². The van der Waals surface area contributed by atoms with Crippen LogP contribution in [0, 0.1) is 0 Å². The Balaban J connectivity index is 1.74. The van der Waals surface area contributed by atoms with Gasteiger partial charge in [0.1, 0.15) is 6.17 Å². The van der Waals surface area contributed by atoms with Gasteiger partial charge in [0.15, 0.2) is 0 Å². The van der Waals surface area contributed by atoms with Gasteiger partial charge < -0.3 is 9.64 Å². The average molecular weight is 308 g/mol. The van der Waals surface area contributed by atoms with Crippen LogP contribution >= 0.6 is 11.3 Å². The molecule has 1 amide bonds. The Bertz CT molecular complexity index is 484. The largest absolute Gasteiger partial charge is 0.378 e. The highest BCUT2D eigenvalue weighted by molar-refractivity contribution is 7.07. The number of carbonyl (C=O) groups is 1. The maximum Gasteiger partial charge on any atom is 0.244 e. The van der Waals surface area contributed by atoms with E-state index in [9.17, 15) is 4.79 Å². The second-order valence-electron chi connectivity index (χ2n) is 6.21. The molecule has 2 aliphatic rings. The van der Waals surface area contributed by atoms with Gasteiger partial charge in [-0.1, -0.05) is 6.92 Å². The van der Waals surface area contributed by atoms with Gasteiger partial charge in [-0.2, -0.15) is 11.3 Å². The average Bonchev–Trinajstić information content (AvgIpc) is 3.21. The number of carbonyl (C=O) groups excluding carboxylic acids is 1. The second kappa shape index (κ2) is 6.07. The first-order valence-corrected chi connectivity index (χ1v) is 8.81. The third-order valence-corrected chi connectivity index (χ3v) is 5.48. The highest BCUT2D eigenvalue weighted by Gasteiger charge is 2.47. The number of nitrogens with zero attached hydrogens (tertiary/aromatic N) is 1. The SMILES string of the molecule is CCC1(C)NC(c2ccsc2)N(CCC2CCCO2)C1=O. The highest BCUT2D eigenvalue weighted by Crippen LogP contribution is 2.34. The summed E-state index contributed by atoms with van der Waals surface area (Å²) in [7, 11) is 0. The zero-order valence-corrected chi connectivity index (χ0v) is 13.6. The van der Waals surface area contributed by atoms with E-state index in [4.69, 9.17) is 4.74 Å². The normalized spacial score (nSPS) is 33.0. The van der Waals surface area contributed by atoms with Crippen LogP contribution in [0.1, 0.15) is 51.3 Å².